The largest absolute Gasteiger partial charge is 0.469 e. The van der Waals surface area contributed by atoms with Gasteiger partial charge in [-0.2, -0.15) is 0 Å². The molecule has 0 bridgehead atoms. The molecule has 5 heteroatoms. The SMILES string of the molecule is CC(C=CC1=C(C)CCCC1(C)C)=CC=CC(C)=CCOP(=O)(O)O. The number of phosphoric acid groups is 1. The minimum absolute atomic E-state index is 0.106. The van der Waals surface area contributed by atoms with Crippen molar-refractivity contribution in [1.29, 1.82) is 0 Å². The van der Waals surface area contributed by atoms with Gasteiger partial charge in [0.15, 0.2) is 0 Å². The molecule has 25 heavy (non-hydrogen) atoms. The summed E-state index contributed by atoms with van der Waals surface area (Å²) in [5.74, 6) is 0. The molecule has 0 aromatic heterocycles. The Morgan fingerprint density at radius 1 is 1.24 bits per heavy atom. The highest BCUT2D eigenvalue weighted by Gasteiger charge is 2.26. The van der Waals surface area contributed by atoms with Gasteiger partial charge in [0.2, 0.25) is 0 Å². The predicted molar refractivity (Wildman–Crippen MR) is 104 cm³/mol. The molecule has 0 fully saturated rings. The van der Waals surface area contributed by atoms with Crippen molar-refractivity contribution in [3.63, 3.8) is 0 Å². The summed E-state index contributed by atoms with van der Waals surface area (Å²) in [4.78, 5) is 17.2. The Morgan fingerprint density at radius 3 is 2.52 bits per heavy atom. The third-order valence-corrected chi connectivity index (χ3v) is 4.91. The molecular weight excluding hydrogens is 335 g/mol. The summed E-state index contributed by atoms with van der Waals surface area (Å²) < 4.78 is 15.0. The van der Waals surface area contributed by atoms with E-state index in [0.29, 0.717) is 0 Å². The van der Waals surface area contributed by atoms with Crippen molar-refractivity contribution in [3.05, 3.63) is 58.7 Å². The van der Waals surface area contributed by atoms with E-state index < -0.39 is 7.82 Å². The highest BCUT2D eigenvalue weighted by molar-refractivity contribution is 7.46. The van der Waals surface area contributed by atoms with Crippen LogP contribution in [0.15, 0.2) is 58.7 Å². The van der Waals surface area contributed by atoms with Crippen LogP contribution in [-0.4, -0.2) is 16.4 Å². The van der Waals surface area contributed by atoms with E-state index in [4.69, 9.17) is 9.79 Å². The fraction of sp³-hybridized carbons (Fsp3) is 0.500. The zero-order valence-corrected chi connectivity index (χ0v) is 16.8. The van der Waals surface area contributed by atoms with Gasteiger partial charge < -0.3 is 9.79 Å². The van der Waals surface area contributed by atoms with Crippen molar-refractivity contribution >= 4 is 7.82 Å². The van der Waals surface area contributed by atoms with Crippen molar-refractivity contribution < 1.29 is 18.9 Å². The lowest BCUT2D eigenvalue weighted by molar-refractivity contribution is 0.215. The van der Waals surface area contributed by atoms with Crippen LogP contribution < -0.4 is 0 Å². The van der Waals surface area contributed by atoms with Gasteiger partial charge in [-0.3, -0.25) is 4.52 Å². The topological polar surface area (TPSA) is 66.8 Å². The number of phosphoric ester groups is 1. The molecule has 140 valence electrons. The lowest BCUT2D eigenvalue weighted by atomic mass is 9.72. The van der Waals surface area contributed by atoms with E-state index in [1.54, 1.807) is 6.08 Å². The Kier molecular flexibility index (Phi) is 8.30. The van der Waals surface area contributed by atoms with E-state index in [1.807, 2.05) is 25.2 Å². The third-order valence-electron chi connectivity index (χ3n) is 4.42. The second kappa shape index (κ2) is 9.49. The van der Waals surface area contributed by atoms with E-state index in [-0.39, 0.29) is 12.0 Å². The van der Waals surface area contributed by atoms with Gasteiger partial charge in [0, 0.05) is 0 Å². The van der Waals surface area contributed by atoms with Crippen LogP contribution in [0.3, 0.4) is 0 Å². The maximum atomic E-state index is 10.6. The van der Waals surface area contributed by atoms with Gasteiger partial charge in [-0.25, -0.2) is 4.57 Å². The zero-order valence-electron chi connectivity index (χ0n) is 16.0. The van der Waals surface area contributed by atoms with Crippen LogP contribution in [-0.2, 0) is 9.09 Å². The zero-order chi connectivity index (χ0) is 19.1. The molecule has 1 rings (SSSR count). The first-order valence-electron chi connectivity index (χ1n) is 8.61. The molecule has 0 saturated carbocycles. The maximum Gasteiger partial charge on any atom is 0.469 e. The molecule has 0 aromatic carbocycles. The van der Waals surface area contributed by atoms with E-state index in [2.05, 4.69) is 44.4 Å². The average molecular weight is 366 g/mol. The number of hydrogen-bond acceptors (Lipinski definition) is 2. The molecule has 0 heterocycles. The van der Waals surface area contributed by atoms with Gasteiger partial charge in [0.1, 0.15) is 0 Å². The first-order valence-corrected chi connectivity index (χ1v) is 10.1. The molecule has 0 radical (unpaired) electrons. The molecule has 2 N–H and O–H groups in total. The molecule has 1 aliphatic carbocycles. The first kappa shape index (κ1) is 21.9. The van der Waals surface area contributed by atoms with Crippen molar-refractivity contribution in [2.24, 2.45) is 5.41 Å². The first-order chi connectivity index (χ1) is 11.5. The molecule has 0 spiro atoms. The fourth-order valence-electron chi connectivity index (χ4n) is 2.97. The maximum absolute atomic E-state index is 10.6. The van der Waals surface area contributed by atoms with Gasteiger partial charge in [0.25, 0.3) is 0 Å². The summed E-state index contributed by atoms with van der Waals surface area (Å²) in [7, 11) is -4.40. The number of allylic oxidation sites excluding steroid dienone is 9. The Balaban J connectivity index is 2.66. The number of hydrogen-bond donors (Lipinski definition) is 2. The second-order valence-corrected chi connectivity index (χ2v) is 8.51. The summed E-state index contributed by atoms with van der Waals surface area (Å²) in [5.41, 5.74) is 5.21. The summed E-state index contributed by atoms with van der Waals surface area (Å²) in [6, 6.07) is 0. The molecule has 1 aliphatic rings. The third kappa shape index (κ3) is 8.64. The second-order valence-electron chi connectivity index (χ2n) is 7.27. The quantitative estimate of drug-likeness (QED) is 0.453. The van der Waals surface area contributed by atoms with Crippen molar-refractivity contribution in [3.8, 4) is 0 Å². The minimum atomic E-state index is -4.40. The van der Waals surface area contributed by atoms with Crippen LogP contribution in [0.5, 0.6) is 0 Å². The smallest absolute Gasteiger partial charge is 0.303 e. The molecule has 0 aliphatic heterocycles. The summed E-state index contributed by atoms with van der Waals surface area (Å²) >= 11 is 0. The predicted octanol–water partition coefficient (Wildman–Crippen LogP) is 5.63. The molecular formula is C20H31O4P. The fourth-order valence-corrected chi connectivity index (χ4v) is 3.23. The lowest BCUT2D eigenvalue weighted by Crippen LogP contribution is -2.19. The summed E-state index contributed by atoms with van der Waals surface area (Å²) in [6.07, 6.45) is 15.5. The van der Waals surface area contributed by atoms with Gasteiger partial charge >= 0.3 is 7.82 Å². The van der Waals surface area contributed by atoms with Crippen LogP contribution in [0, 0.1) is 5.41 Å². The van der Waals surface area contributed by atoms with Gasteiger partial charge in [-0.1, -0.05) is 67.0 Å². The van der Waals surface area contributed by atoms with Crippen LogP contribution in [0.4, 0.5) is 0 Å². The minimum Gasteiger partial charge on any atom is -0.303 e. The molecule has 0 unspecified atom stereocenters. The van der Waals surface area contributed by atoms with E-state index in [1.165, 1.54) is 30.4 Å². The normalized spacial score (nSPS) is 20.1. The molecule has 0 aromatic rings. The standard InChI is InChI=1S/C20H31O4P/c1-16(8-6-9-17(2)13-15-24-25(21,22)23)11-12-19-18(3)10-7-14-20(19,4)5/h6,8-9,11-13H,7,10,14-15H2,1-5H3,(H2,21,22,23). The average Bonchev–Trinajstić information content (AvgIpc) is 2.44. The Bertz CT molecular complexity index is 657. The van der Waals surface area contributed by atoms with Crippen molar-refractivity contribution in [2.75, 3.05) is 6.61 Å². The van der Waals surface area contributed by atoms with Crippen molar-refractivity contribution in [2.45, 2.75) is 53.9 Å². The molecule has 4 nitrogen and oxygen atoms in total. The summed E-state index contributed by atoms with van der Waals surface area (Å²) in [5, 5.41) is 0. The Hall–Kier alpha value is -1.19. The van der Waals surface area contributed by atoms with E-state index >= 15 is 0 Å². The molecule has 0 amide bonds. The van der Waals surface area contributed by atoms with E-state index in [0.717, 1.165) is 11.1 Å². The van der Waals surface area contributed by atoms with Crippen LogP contribution in [0.1, 0.15) is 53.9 Å². The summed E-state index contributed by atoms with van der Waals surface area (Å²) in [6.45, 7) is 10.7. The lowest BCUT2D eigenvalue weighted by Gasteiger charge is -2.32. The van der Waals surface area contributed by atoms with Gasteiger partial charge in [-0.15, -0.1) is 0 Å². The monoisotopic (exact) mass is 366 g/mol. The Morgan fingerprint density at radius 2 is 1.92 bits per heavy atom. The molecule has 0 atom stereocenters. The number of rotatable bonds is 7. The van der Waals surface area contributed by atoms with Crippen LogP contribution in [0.25, 0.3) is 0 Å². The Labute approximate surface area is 151 Å². The van der Waals surface area contributed by atoms with Gasteiger partial charge in [0.05, 0.1) is 6.61 Å². The van der Waals surface area contributed by atoms with E-state index in [9.17, 15) is 4.57 Å². The highest BCUT2D eigenvalue weighted by Crippen LogP contribution is 2.40. The van der Waals surface area contributed by atoms with Crippen LogP contribution in [0.2, 0.25) is 0 Å². The van der Waals surface area contributed by atoms with Gasteiger partial charge in [-0.05, 0) is 51.0 Å². The van der Waals surface area contributed by atoms with Crippen LogP contribution >= 0.6 is 7.82 Å². The molecule has 0 saturated heterocycles. The van der Waals surface area contributed by atoms with Crippen molar-refractivity contribution in [1.82, 2.24) is 0 Å². The highest BCUT2D eigenvalue weighted by atomic mass is 31.2.